The van der Waals surface area contributed by atoms with Crippen LogP contribution in [0.3, 0.4) is 0 Å². The molecule has 0 aliphatic carbocycles. The molecule has 1 aromatic heterocycles. The van der Waals surface area contributed by atoms with E-state index in [4.69, 9.17) is 21.1 Å². The largest absolute Gasteiger partial charge is 0.493 e. The summed E-state index contributed by atoms with van der Waals surface area (Å²) in [7, 11) is 3.11. The van der Waals surface area contributed by atoms with Crippen molar-refractivity contribution >= 4 is 23.2 Å². The van der Waals surface area contributed by atoms with Gasteiger partial charge in [0.15, 0.2) is 17.3 Å². The first kappa shape index (κ1) is 19.7. The number of carbonyl (C=O) groups is 1. The molecule has 0 aliphatic rings. The fourth-order valence-corrected chi connectivity index (χ4v) is 3.10. The van der Waals surface area contributed by atoms with Gasteiger partial charge in [0.25, 0.3) is 0 Å². The minimum Gasteiger partial charge on any atom is -0.493 e. The number of ketones is 1. The lowest BCUT2D eigenvalue weighted by molar-refractivity contribution is 0.0998. The van der Waals surface area contributed by atoms with Crippen LogP contribution in [0.5, 0.6) is 11.5 Å². The number of anilines is 1. The number of aromatic nitrogens is 1. The lowest BCUT2D eigenvalue weighted by Crippen LogP contribution is -2.30. The van der Waals surface area contributed by atoms with E-state index in [2.05, 4.69) is 4.98 Å². The summed E-state index contributed by atoms with van der Waals surface area (Å²) in [5.41, 5.74) is 1.54. The lowest BCUT2D eigenvalue weighted by Gasteiger charge is -2.23. The van der Waals surface area contributed by atoms with Gasteiger partial charge in [0.05, 0.1) is 20.8 Å². The van der Waals surface area contributed by atoms with Gasteiger partial charge in [-0.05, 0) is 48.0 Å². The van der Waals surface area contributed by atoms with Crippen LogP contribution in [0.4, 0.5) is 5.82 Å². The van der Waals surface area contributed by atoms with Gasteiger partial charge in [-0.1, -0.05) is 29.8 Å². The molecule has 0 radical (unpaired) electrons. The number of hydrogen-bond donors (Lipinski definition) is 0. The predicted octanol–water partition coefficient (Wildman–Crippen LogP) is 4.64. The number of halogens is 1. The molecule has 0 atom stereocenters. The van der Waals surface area contributed by atoms with Crippen LogP contribution < -0.4 is 14.4 Å². The van der Waals surface area contributed by atoms with Gasteiger partial charge in [0.1, 0.15) is 5.82 Å². The third kappa shape index (κ3) is 4.81. The molecule has 0 aliphatic heterocycles. The number of nitrogens with zero attached hydrogens (tertiary/aromatic N) is 2. The monoisotopic (exact) mass is 396 g/mol. The van der Waals surface area contributed by atoms with Gasteiger partial charge in [-0.25, -0.2) is 4.98 Å². The van der Waals surface area contributed by atoms with Crippen molar-refractivity contribution < 1.29 is 14.3 Å². The number of rotatable bonds is 8. The van der Waals surface area contributed by atoms with E-state index in [-0.39, 0.29) is 12.3 Å². The lowest BCUT2D eigenvalue weighted by atomic mass is 10.1. The van der Waals surface area contributed by atoms with Crippen molar-refractivity contribution in [3.8, 4) is 11.5 Å². The summed E-state index contributed by atoms with van der Waals surface area (Å²) in [4.78, 5) is 19.3. The summed E-state index contributed by atoms with van der Waals surface area (Å²) in [5, 5.41) is 0.657. The SMILES string of the molecule is COc1ccc(C(=O)CN(Cc2cccc(Cl)c2)c2ccccn2)cc1OC. The first-order valence-electron chi connectivity index (χ1n) is 8.76. The van der Waals surface area contributed by atoms with Gasteiger partial charge in [-0.3, -0.25) is 4.79 Å². The van der Waals surface area contributed by atoms with Crippen LogP contribution in [-0.2, 0) is 6.54 Å². The molecule has 0 saturated heterocycles. The minimum absolute atomic E-state index is 0.0476. The normalized spacial score (nSPS) is 10.4. The molecule has 5 nitrogen and oxygen atoms in total. The Bertz CT molecular complexity index is 948. The maximum Gasteiger partial charge on any atom is 0.182 e. The van der Waals surface area contributed by atoms with E-state index < -0.39 is 0 Å². The smallest absolute Gasteiger partial charge is 0.182 e. The Balaban J connectivity index is 1.86. The standard InChI is InChI=1S/C22H21ClN2O3/c1-27-20-10-9-17(13-21(20)28-2)19(26)15-25(22-8-3-4-11-24-22)14-16-6-5-7-18(23)12-16/h3-13H,14-15H2,1-2H3. The van der Waals surface area contributed by atoms with Crippen molar-refractivity contribution in [2.45, 2.75) is 6.54 Å². The van der Waals surface area contributed by atoms with Crippen LogP contribution >= 0.6 is 11.6 Å². The molecule has 0 amide bonds. The molecule has 0 N–H and O–H groups in total. The molecule has 0 fully saturated rings. The number of pyridine rings is 1. The van der Waals surface area contributed by atoms with Crippen LogP contribution in [0.2, 0.25) is 5.02 Å². The zero-order valence-corrected chi connectivity index (χ0v) is 16.5. The Morgan fingerprint density at radius 2 is 1.82 bits per heavy atom. The Kier molecular flexibility index (Phi) is 6.50. The van der Waals surface area contributed by atoms with E-state index >= 15 is 0 Å². The van der Waals surface area contributed by atoms with Gasteiger partial charge in [-0.2, -0.15) is 0 Å². The Hall–Kier alpha value is -3.05. The molecule has 0 unspecified atom stereocenters. The van der Waals surface area contributed by atoms with Gasteiger partial charge in [0, 0.05) is 23.3 Å². The molecule has 2 aromatic carbocycles. The second kappa shape index (κ2) is 9.24. The van der Waals surface area contributed by atoms with E-state index in [0.29, 0.717) is 28.6 Å². The molecule has 144 valence electrons. The molecule has 28 heavy (non-hydrogen) atoms. The fraction of sp³-hybridized carbons (Fsp3) is 0.182. The maximum atomic E-state index is 13.0. The Labute approximate surface area is 169 Å². The van der Waals surface area contributed by atoms with Crippen LogP contribution in [0, 0.1) is 0 Å². The highest BCUT2D eigenvalue weighted by atomic mass is 35.5. The van der Waals surface area contributed by atoms with Crippen molar-refractivity contribution in [1.82, 2.24) is 4.98 Å². The second-order valence-corrected chi connectivity index (χ2v) is 6.60. The van der Waals surface area contributed by atoms with Crippen molar-refractivity contribution in [2.24, 2.45) is 0 Å². The van der Waals surface area contributed by atoms with Gasteiger partial charge in [-0.15, -0.1) is 0 Å². The van der Waals surface area contributed by atoms with Gasteiger partial charge in [0.2, 0.25) is 0 Å². The van der Waals surface area contributed by atoms with Crippen LogP contribution in [-0.4, -0.2) is 31.5 Å². The Morgan fingerprint density at radius 1 is 1.00 bits per heavy atom. The number of ether oxygens (including phenoxy) is 2. The van der Waals surface area contributed by atoms with Gasteiger partial charge < -0.3 is 14.4 Å². The van der Waals surface area contributed by atoms with Crippen molar-refractivity contribution in [2.75, 3.05) is 25.7 Å². The molecule has 3 rings (SSSR count). The highest BCUT2D eigenvalue weighted by Gasteiger charge is 2.17. The van der Waals surface area contributed by atoms with E-state index in [1.807, 2.05) is 47.4 Å². The van der Waals surface area contributed by atoms with Crippen molar-refractivity contribution in [3.05, 3.63) is 83.0 Å². The molecule has 3 aromatic rings. The molecule has 6 heteroatoms. The first-order chi connectivity index (χ1) is 13.6. The summed E-state index contributed by atoms with van der Waals surface area (Å²) >= 11 is 6.11. The van der Waals surface area contributed by atoms with E-state index in [1.54, 1.807) is 38.6 Å². The minimum atomic E-state index is -0.0476. The van der Waals surface area contributed by atoms with Crippen LogP contribution in [0.15, 0.2) is 66.9 Å². The zero-order chi connectivity index (χ0) is 19.9. The van der Waals surface area contributed by atoms with E-state index in [1.165, 1.54) is 0 Å². The highest BCUT2D eigenvalue weighted by molar-refractivity contribution is 6.30. The van der Waals surface area contributed by atoms with E-state index in [9.17, 15) is 4.79 Å². The molecule has 0 bridgehead atoms. The summed E-state index contributed by atoms with van der Waals surface area (Å²) in [6, 6.07) is 18.4. The topological polar surface area (TPSA) is 51.7 Å². The Morgan fingerprint density at radius 3 is 2.50 bits per heavy atom. The summed E-state index contributed by atoms with van der Waals surface area (Å²) in [6.07, 6.45) is 1.71. The number of carbonyl (C=O) groups excluding carboxylic acids is 1. The van der Waals surface area contributed by atoms with Crippen LogP contribution in [0.1, 0.15) is 15.9 Å². The third-order valence-electron chi connectivity index (χ3n) is 4.28. The highest BCUT2D eigenvalue weighted by Crippen LogP contribution is 2.28. The third-order valence-corrected chi connectivity index (χ3v) is 4.51. The van der Waals surface area contributed by atoms with Crippen molar-refractivity contribution in [1.29, 1.82) is 0 Å². The van der Waals surface area contributed by atoms with E-state index in [0.717, 1.165) is 11.4 Å². The quantitative estimate of drug-likeness (QED) is 0.519. The average Bonchev–Trinajstić information content (AvgIpc) is 2.73. The van der Waals surface area contributed by atoms with Gasteiger partial charge >= 0.3 is 0 Å². The maximum absolute atomic E-state index is 13.0. The molecular weight excluding hydrogens is 376 g/mol. The molecule has 0 saturated carbocycles. The summed E-state index contributed by atoms with van der Waals surface area (Å²) < 4.78 is 10.6. The molecule has 1 heterocycles. The number of methoxy groups -OCH3 is 2. The summed E-state index contributed by atoms with van der Waals surface area (Å²) in [5.74, 6) is 1.78. The first-order valence-corrected chi connectivity index (χ1v) is 9.14. The van der Waals surface area contributed by atoms with Crippen LogP contribution in [0.25, 0.3) is 0 Å². The molecule has 0 spiro atoms. The number of Topliss-reactive ketones (excluding diaryl/α,β-unsaturated/α-hetero) is 1. The fourth-order valence-electron chi connectivity index (χ4n) is 2.89. The average molecular weight is 397 g/mol. The number of hydrogen-bond acceptors (Lipinski definition) is 5. The number of benzene rings is 2. The predicted molar refractivity (Wildman–Crippen MR) is 111 cm³/mol. The second-order valence-electron chi connectivity index (χ2n) is 6.17. The summed E-state index contributed by atoms with van der Waals surface area (Å²) in [6.45, 7) is 0.676. The zero-order valence-electron chi connectivity index (χ0n) is 15.8. The van der Waals surface area contributed by atoms with Crippen molar-refractivity contribution in [3.63, 3.8) is 0 Å². The molecular formula is C22H21ClN2O3.